The molecule has 1 N–H and O–H groups in total. The Labute approximate surface area is 142 Å². The molecule has 1 amide bonds. The van der Waals surface area contributed by atoms with Crippen molar-refractivity contribution in [3.05, 3.63) is 18.0 Å². The predicted octanol–water partition coefficient (Wildman–Crippen LogP) is 1.79. The zero-order valence-corrected chi connectivity index (χ0v) is 13.0. The SMILES string of the molecule is O=C(NCC(F)(F)F)[C@@H]1CCCN1c1ccc2nnc(C(F)(F)F)n2n1. The molecule has 2 aromatic rings. The zero-order valence-electron chi connectivity index (χ0n) is 13.0. The summed E-state index contributed by atoms with van der Waals surface area (Å²) in [5.41, 5.74) is -0.140. The highest BCUT2D eigenvalue weighted by molar-refractivity contribution is 5.85. The minimum Gasteiger partial charge on any atom is -0.345 e. The normalized spacial score (nSPS) is 18.5. The second-order valence-electron chi connectivity index (χ2n) is 5.67. The minimum absolute atomic E-state index is 0.0208. The molecule has 26 heavy (non-hydrogen) atoms. The van der Waals surface area contributed by atoms with Gasteiger partial charge in [-0.15, -0.1) is 15.3 Å². The molecule has 0 aromatic carbocycles. The molecule has 0 bridgehead atoms. The molecule has 1 saturated heterocycles. The monoisotopic (exact) mass is 382 g/mol. The molecule has 3 rings (SSSR count). The van der Waals surface area contributed by atoms with Gasteiger partial charge in [0.2, 0.25) is 5.91 Å². The van der Waals surface area contributed by atoms with Gasteiger partial charge in [-0.3, -0.25) is 4.79 Å². The summed E-state index contributed by atoms with van der Waals surface area (Å²) in [7, 11) is 0. The molecule has 0 spiro atoms. The van der Waals surface area contributed by atoms with E-state index in [2.05, 4.69) is 15.3 Å². The number of amides is 1. The van der Waals surface area contributed by atoms with Gasteiger partial charge in [0.15, 0.2) is 5.65 Å². The van der Waals surface area contributed by atoms with Gasteiger partial charge in [-0.25, -0.2) is 0 Å². The van der Waals surface area contributed by atoms with Crippen LogP contribution in [0.5, 0.6) is 0 Å². The van der Waals surface area contributed by atoms with E-state index in [1.54, 1.807) is 5.32 Å². The Morgan fingerprint density at radius 3 is 2.58 bits per heavy atom. The number of anilines is 1. The number of hydrogen-bond donors (Lipinski definition) is 1. The van der Waals surface area contributed by atoms with E-state index in [0.29, 0.717) is 10.9 Å². The van der Waals surface area contributed by atoms with Crippen molar-refractivity contribution in [3.63, 3.8) is 0 Å². The number of carbonyl (C=O) groups excluding carboxylic acids is 1. The molecule has 1 fully saturated rings. The van der Waals surface area contributed by atoms with E-state index in [-0.39, 0.29) is 24.4 Å². The Hall–Kier alpha value is -2.60. The molecule has 1 atom stereocenters. The van der Waals surface area contributed by atoms with E-state index >= 15 is 0 Å². The number of hydrogen-bond acceptors (Lipinski definition) is 5. The van der Waals surface area contributed by atoms with Gasteiger partial charge in [0.1, 0.15) is 18.4 Å². The average molecular weight is 382 g/mol. The molecule has 142 valence electrons. The smallest absolute Gasteiger partial charge is 0.345 e. The number of nitrogens with one attached hydrogen (secondary N) is 1. The van der Waals surface area contributed by atoms with Gasteiger partial charge in [-0.05, 0) is 25.0 Å². The first-order valence-electron chi connectivity index (χ1n) is 7.47. The Balaban J connectivity index is 1.86. The lowest BCUT2D eigenvalue weighted by molar-refractivity contribution is -0.146. The van der Waals surface area contributed by atoms with E-state index < -0.39 is 36.7 Å². The van der Waals surface area contributed by atoms with Crippen LogP contribution >= 0.6 is 0 Å². The van der Waals surface area contributed by atoms with Crippen LogP contribution in [0.3, 0.4) is 0 Å². The third-order valence-corrected chi connectivity index (χ3v) is 3.82. The summed E-state index contributed by atoms with van der Waals surface area (Å²) in [5, 5.41) is 12.0. The second kappa shape index (κ2) is 6.29. The van der Waals surface area contributed by atoms with Crippen molar-refractivity contribution in [1.29, 1.82) is 0 Å². The van der Waals surface area contributed by atoms with E-state index in [1.165, 1.54) is 17.0 Å². The fraction of sp³-hybridized carbons (Fsp3) is 0.538. The highest BCUT2D eigenvalue weighted by Gasteiger charge is 2.39. The molecule has 0 radical (unpaired) electrons. The highest BCUT2D eigenvalue weighted by atomic mass is 19.4. The van der Waals surface area contributed by atoms with E-state index in [0.717, 1.165) is 0 Å². The van der Waals surface area contributed by atoms with Gasteiger partial charge < -0.3 is 10.2 Å². The third kappa shape index (κ3) is 3.65. The molecular formula is C13H12F6N6O. The molecule has 2 aromatic heterocycles. The standard InChI is InChI=1S/C13H12F6N6O/c14-12(15,16)6-20-10(26)7-2-1-5-24(7)9-4-3-8-21-22-11(13(17,18)19)25(8)23-9/h3-4,7H,1-2,5-6H2,(H,20,26)/t7-/m0/s1. The second-order valence-corrected chi connectivity index (χ2v) is 5.67. The maximum absolute atomic E-state index is 12.9. The number of nitrogens with zero attached hydrogens (tertiary/aromatic N) is 5. The zero-order chi connectivity index (χ0) is 19.1. The Kier molecular flexibility index (Phi) is 4.40. The molecular weight excluding hydrogens is 370 g/mol. The maximum Gasteiger partial charge on any atom is 0.453 e. The summed E-state index contributed by atoms with van der Waals surface area (Å²) in [6, 6.07) is 1.64. The predicted molar refractivity (Wildman–Crippen MR) is 75.2 cm³/mol. The summed E-state index contributed by atoms with van der Waals surface area (Å²) < 4.78 is 76.0. The fourth-order valence-electron chi connectivity index (χ4n) is 2.73. The van der Waals surface area contributed by atoms with E-state index in [9.17, 15) is 31.1 Å². The Morgan fingerprint density at radius 2 is 1.92 bits per heavy atom. The van der Waals surface area contributed by atoms with Gasteiger partial charge in [-0.2, -0.15) is 30.9 Å². The van der Waals surface area contributed by atoms with Crippen molar-refractivity contribution < 1.29 is 31.1 Å². The lowest BCUT2D eigenvalue weighted by atomic mass is 10.2. The van der Waals surface area contributed by atoms with Crippen LogP contribution in [0.4, 0.5) is 32.2 Å². The first-order chi connectivity index (χ1) is 12.1. The maximum atomic E-state index is 12.9. The number of fused-ring (bicyclic) bond motifs is 1. The van der Waals surface area contributed by atoms with Gasteiger partial charge in [0, 0.05) is 6.54 Å². The summed E-state index contributed by atoms with van der Waals surface area (Å²) in [5.74, 6) is -2.17. The number of halogens is 6. The van der Waals surface area contributed by atoms with Crippen LogP contribution < -0.4 is 10.2 Å². The van der Waals surface area contributed by atoms with Crippen LogP contribution in [-0.4, -0.2) is 51.0 Å². The minimum atomic E-state index is -4.78. The van der Waals surface area contributed by atoms with Crippen molar-refractivity contribution in [2.24, 2.45) is 0 Å². The molecule has 0 aliphatic carbocycles. The van der Waals surface area contributed by atoms with Gasteiger partial charge >= 0.3 is 12.4 Å². The molecule has 3 heterocycles. The topological polar surface area (TPSA) is 75.4 Å². The van der Waals surface area contributed by atoms with Crippen molar-refractivity contribution in [2.75, 3.05) is 18.0 Å². The van der Waals surface area contributed by atoms with Gasteiger partial charge in [0.25, 0.3) is 5.82 Å². The molecule has 13 heteroatoms. The lowest BCUT2D eigenvalue weighted by Crippen LogP contribution is -2.46. The molecule has 1 aliphatic heterocycles. The van der Waals surface area contributed by atoms with Crippen molar-refractivity contribution in [1.82, 2.24) is 25.1 Å². The highest BCUT2D eigenvalue weighted by Crippen LogP contribution is 2.29. The van der Waals surface area contributed by atoms with Crippen LogP contribution in [0.25, 0.3) is 5.65 Å². The number of carbonyl (C=O) groups is 1. The quantitative estimate of drug-likeness (QED) is 0.820. The first-order valence-corrected chi connectivity index (χ1v) is 7.47. The van der Waals surface area contributed by atoms with Crippen LogP contribution in [0, 0.1) is 0 Å². The lowest BCUT2D eigenvalue weighted by Gasteiger charge is -2.25. The van der Waals surface area contributed by atoms with Crippen LogP contribution in [0.2, 0.25) is 0 Å². The fourth-order valence-corrected chi connectivity index (χ4v) is 2.73. The largest absolute Gasteiger partial charge is 0.453 e. The van der Waals surface area contributed by atoms with Gasteiger partial charge in [-0.1, -0.05) is 0 Å². The average Bonchev–Trinajstić information content (AvgIpc) is 3.17. The third-order valence-electron chi connectivity index (χ3n) is 3.82. The van der Waals surface area contributed by atoms with E-state index in [1.807, 2.05) is 0 Å². The number of rotatable bonds is 3. The van der Waals surface area contributed by atoms with Crippen LogP contribution in [-0.2, 0) is 11.0 Å². The summed E-state index contributed by atoms with van der Waals surface area (Å²) >= 11 is 0. The molecule has 1 aliphatic rings. The molecule has 0 saturated carbocycles. The number of alkyl halides is 6. The van der Waals surface area contributed by atoms with Crippen LogP contribution in [0.15, 0.2) is 12.1 Å². The van der Waals surface area contributed by atoms with Crippen molar-refractivity contribution in [2.45, 2.75) is 31.2 Å². The van der Waals surface area contributed by atoms with Gasteiger partial charge in [0.05, 0.1) is 0 Å². The summed E-state index contributed by atoms with van der Waals surface area (Å²) in [4.78, 5) is 13.4. The van der Waals surface area contributed by atoms with Crippen LogP contribution in [0.1, 0.15) is 18.7 Å². The Morgan fingerprint density at radius 1 is 1.19 bits per heavy atom. The summed E-state index contributed by atoms with van der Waals surface area (Å²) in [6.07, 6.45) is -8.59. The molecule has 7 nitrogen and oxygen atoms in total. The van der Waals surface area contributed by atoms with Crippen molar-refractivity contribution in [3.8, 4) is 0 Å². The first kappa shape index (κ1) is 18.2. The Bertz CT molecular complexity index is 816. The molecule has 0 unspecified atom stereocenters. The summed E-state index contributed by atoms with van der Waals surface area (Å²) in [6.45, 7) is -1.21. The van der Waals surface area contributed by atoms with E-state index in [4.69, 9.17) is 0 Å². The van der Waals surface area contributed by atoms with Crippen molar-refractivity contribution >= 4 is 17.4 Å². The number of aromatic nitrogens is 4.